The van der Waals surface area contributed by atoms with Crippen molar-refractivity contribution in [3.8, 4) is 5.75 Å². The molecule has 0 aliphatic carbocycles. The van der Waals surface area contributed by atoms with Gasteiger partial charge in [-0.2, -0.15) is 0 Å². The molecule has 0 bridgehead atoms. The van der Waals surface area contributed by atoms with E-state index in [9.17, 15) is 9.59 Å². The van der Waals surface area contributed by atoms with E-state index in [1.807, 2.05) is 59.5 Å². The van der Waals surface area contributed by atoms with Gasteiger partial charge < -0.3 is 14.8 Å². The van der Waals surface area contributed by atoms with Crippen LogP contribution in [-0.4, -0.2) is 44.1 Å². The van der Waals surface area contributed by atoms with Crippen LogP contribution < -0.4 is 10.1 Å². The summed E-state index contributed by atoms with van der Waals surface area (Å²) in [6, 6.07) is 17.4. The number of nitrogens with one attached hydrogen (secondary N) is 1. The molecular weight excluding hydrogens is 356 g/mol. The van der Waals surface area contributed by atoms with E-state index in [1.54, 1.807) is 14.0 Å². The molecule has 28 heavy (non-hydrogen) atoms. The van der Waals surface area contributed by atoms with E-state index in [4.69, 9.17) is 9.47 Å². The van der Waals surface area contributed by atoms with Crippen LogP contribution >= 0.6 is 0 Å². The van der Waals surface area contributed by atoms with Gasteiger partial charge in [0.1, 0.15) is 5.75 Å². The van der Waals surface area contributed by atoms with Crippen molar-refractivity contribution >= 4 is 11.9 Å². The number of amides is 1. The predicted molar refractivity (Wildman–Crippen MR) is 108 cm³/mol. The fourth-order valence-electron chi connectivity index (χ4n) is 2.89. The Hall–Kier alpha value is -2.86. The molecule has 1 N–H and O–H groups in total. The number of esters is 1. The molecule has 1 amide bonds. The van der Waals surface area contributed by atoms with E-state index in [1.165, 1.54) is 7.11 Å². The van der Waals surface area contributed by atoms with E-state index in [2.05, 4.69) is 5.32 Å². The minimum Gasteiger partial charge on any atom is -0.497 e. The summed E-state index contributed by atoms with van der Waals surface area (Å²) in [6.07, 6.45) is 0. The number of nitrogens with zero attached hydrogens (tertiary/aromatic N) is 1. The Labute approximate surface area is 166 Å². The Balaban J connectivity index is 1.94. The van der Waals surface area contributed by atoms with Crippen LogP contribution in [0.2, 0.25) is 0 Å². The van der Waals surface area contributed by atoms with Gasteiger partial charge in [-0.3, -0.25) is 14.5 Å². The van der Waals surface area contributed by atoms with Crippen LogP contribution in [0.25, 0.3) is 0 Å². The zero-order valence-corrected chi connectivity index (χ0v) is 16.7. The minimum absolute atomic E-state index is 0.0937. The lowest BCUT2D eigenvalue weighted by atomic mass is 10.1. The lowest BCUT2D eigenvalue weighted by molar-refractivity contribution is -0.145. The zero-order valence-electron chi connectivity index (χ0n) is 16.7. The van der Waals surface area contributed by atoms with Gasteiger partial charge in [0, 0.05) is 19.6 Å². The number of carbonyl (C=O) groups is 2. The molecule has 150 valence electrons. The summed E-state index contributed by atoms with van der Waals surface area (Å²) in [5.41, 5.74) is 2.08. The van der Waals surface area contributed by atoms with Crippen molar-refractivity contribution < 1.29 is 19.1 Å². The van der Waals surface area contributed by atoms with Crippen molar-refractivity contribution in [2.45, 2.75) is 20.0 Å². The second-order valence-corrected chi connectivity index (χ2v) is 6.70. The molecule has 0 saturated heterocycles. The number of hydrogen-bond acceptors (Lipinski definition) is 5. The maximum Gasteiger partial charge on any atom is 0.309 e. The molecular formula is C22H28N2O4. The Bertz CT molecular complexity index is 747. The summed E-state index contributed by atoms with van der Waals surface area (Å²) in [6.45, 7) is 3.47. The van der Waals surface area contributed by atoms with Gasteiger partial charge in [-0.1, -0.05) is 49.4 Å². The molecule has 2 rings (SSSR count). The first-order valence-electron chi connectivity index (χ1n) is 9.25. The molecule has 0 spiro atoms. The summed E-state index contributed by atoms with van der Waals surface area (Å²) in [7, 11) is 3.00. The van der Waals surface area contributed by atoms with Crippen molar-refractivity contribution in [2.75, 3.05) is 27.3 Å². The van der Waals surface area contributed by atoms with Gasteiger partial charge in [-0.25, -0.2) is 0 Å². The molecule has 2 aromatic rings. The van der Waals surface area contributed by atoms with Gasteiger partial charge in [0.2, 0.25) is 5.91 Å². The summed E-state index contributed by atoms with van der Waals surface area (Å²) < 4.78 is 9.95. The number of rotatable bonds is 10. The Morgan fingerprint density at radius 3 is 2.29 bits per heavy atom. The zero-order chi connectivity index (χ0) is 20.4. The number of ether oxygens (including phenoxy) is 2. The maximum atomic E-state index is 12.5. The molecule has 0 fully saturated rings. The third-order valence-corrected chi connectivity index (χ3v) is 4.40. The van der Waals surface area contributed by atoms with Crippen molar-refractivity contribution in [2.24, 2.45) is 5.92 Å². The highest BCUT2D eigenvalue weighted by Crippen LogP contribution is 2.11. The van der Waals surface area contributed by atoms with Crippen molar-refractivity contribution in [3.05, 3.63) is 65.7 Å². The van der Waals surface area contributed by atoms with Crippen LogP contribution in [0.4, 0.5) is 0 Å². The minimum atomic E-state index is -0.317. The molecule has 6 nitrogen and oxygen atoms in total. The second-order valence-electron chi connectivity index (χ2n) is 6.70. The number of carbonyl (C=O) groups excluding carboxylic acids is 2. The third kappa shape index (κ3) is 7.04. The molecule has 1 atom stereocenters. The van der Waals surface area contributed by atoms with Gasteiger partial charge in [0.15, 0.2) is 0 Å². The van der Waals surface area contributed by atoms with Crippen LogP contribution in [-0.2, 0) is 27.4 Å². The monoisotopic (exact) mass is 384 g/mol. The van der Waals surface area contributed by atoms with Crippen LogP contribution in [0.1, 0.15) is 18.1 Å². The molecule has 6 heteroatoms. The molecule has 0 radical (unpaired) electrons. The average Bonchev–Trinajstić information content (AvgIpc) is 2.72. The van der Waals surface area contributed by atoms with Gasteiger partial charge in [-0.15, -0.1) is 0 Å². The summed E-state index contributed by atoms with van der Waals surface area (Å²) >= 11 is 0. The standard InChI is InChI=1S/C22H28N2O4/c1-17(22(26)28-3)14-24(15-19-7-5-4-6-8-19)16-21(25)23-13-18-9-11-20(27-2)12-10-18/h4-12,17H,13-16H2,1-3H3,(H,23,25). The first kappa shape index (κ1) is 21.4. The smallest absolute Gasteiger partial charge is 0.309 e. The quantitative estimate of drug-likeness (QED) is 0.638. The summed E-state index contributed by atoms with van der Waals surface area (Å²) in [4.78, 5) is 26.2. The van der Waals surface area contributed by atoms with Crippen molar-refractivity contribution in [1.82, 2.24) is 10.2 Å². The van der Waals surface area contributed by atoms with Crippen LogP contribution in [0.5, 0.6) is 5.75 Å². The van der Waals surface area contributed by atoms with E-state index in [0.717, 1.165) is 16.9 Å². The molecule has 0 saturated carbocycles. The molecule has 1 unspecified atom stereocenters. The van der Waals surface area contributed by atoms with Gasteiger partial charge in [-0.05, 0) is 23.3 Å². The fraction of sp³-hybridized carbons (Fsp3) is 0.364. The molecule has 0 heterocycles. The average molecular weight is 384 g/mol. The number of methoxy groups -OCH3 is 2. The second kappa shape index (κ2) is 11.1. The van der Waals surface area contributed by atoms with Crippen LogP contribution in [0, 0.1) is 5.92 Å². The third-order valence-electron chi connectivity index (χ3n) is 4.40. The molecule has 0 aromatic heterocycles. The first-order chi connectivity index (χ1) is 13.5. The van der Waals surface area contributed by atoms with Crippen molar-refractivity contribution in [3.63, 3.8) is 0 Å². The predicted octanol–water partition coefficient (Wildman–Crippen LogP) is 2.62. The fourth-order valence-corrected chi connectivity index (χ4v) is 2.89. The molecule has 0 aliphatic heterocycles. The number of benzene rings is 2. The Kier molecular flexibility index (Phi) is 8.49. The van der Waals surface area contributed by atoms with E-state index < -0.39 is 0 Å². The lowest BCUT2D eigenvalue weighted by Crippen LogP contribution is -2.40. The lowest BCUT2D eigenvalue weighted by Gasteiger charge is -2.24. The highest BCUT2D eigenvalue weighted by molar-refractivity contribution is 5.78. The largest absolute Gasteiger partial charge is 0.497 e. The Morgan fingerprint density at radius 1 is 1.00 bits per heavy atom. The molecule has 0 aliphatic rings. The molecule has 2 aromatic carbocycles. The van der Waals surface area contributed by atoms with Gasteiger partial charge >= 0.3 is 5.97 Å². The van der Waals surface area contributed by atoms with E-state index in [0.29, 0.717) is 19.6 Å². The van der Waals surface area contributed by atoms with Gasteiger partial charge in [0.25, 0.3) is 0 Å². The van der Waals surface area contributed by atoms with Gasteiger partial charge in [0.05, 0.1) is 26.7 Å². The maximum absolute atomic E-state index is 12.5. The highest BCUT2D eigenvalue weighted by atomic mass is 16.5. The normalized spacial score (nSPS) is 11.7. The first-order valence-corrected chi connectivity index (χ1v) is 9.25. The summed E-state index contributed by atoms with van der Waals surface area (Å²) in [5.74, 6) is 0.0875. The Morgan fingerprint density at radius 2 is 1.68 bits per heavy atom. The van der Waals surface area contributed by atoms with Crippen LogP contribution in [0.3, 0.4) is 0 Å². The summed E-state index contributed by atoms with van der Waals surface area (Å²) in [5, 5.41) is 2.93. The highest BCUT2D eigenvalue weighted by Gasteiger charge is 2.20. The SMILES string of the molecule is COC(=O)C(C)CN(CC(=O)NCc1ccc(OC)cc1)Cc1ccccc1. The van der Waals surface area contributed by atoms with Crippen LogP contribution in [0.15, 0.2) is 54.6 Å². The topological polar surface area (TPSA) is 67.9 Å². The number of hydrogen-bond donors (Lipinski definition) is 1. The van der Waals surface area contributed by atoms with E-state index in [-0.39, 0.29) is 24.3 Å². The van der Waals surface area contributed by atoms with E-state index >= 15 is 0 Å². The van der Waals surface area contributed by atoms with Crippen molar-refractivity contribution in [1.29, 1.82) is 0 Å².